The van der Waals surface area contributed by atoms with Crippen molar-refractivity contribution in [2.24, 2.45) is 0 Å². The molecule has 0 heterocycles. The number of halogens is 1. The lowest BCUT2D eigenvalue weighted by atomic mass is 10.1. The molecule has 0 aliphatic rings. The molecule has 4 heteroatoms. The summed E-state index contributed by atoms with van der Waals surface area (Å²) >= 11 is 5.85. The Morgan fingerprint density at radius 1 is 1.09 bits per heavy atom. The van der Waals surface area contributed by atoms with Crippen LogP contribution in [0.2, 0.25) is 5.02 Å². The topological polar surface area (TPSA) is 41.1 Å². The van der Waals surface area contributed by atoms with Crippen LogP contribution in [-0.2, 0) is 17.6 Å². The van der Waals surface area contributed by atoms with Crippen LogP contribution in [-0.4, -0.2) is 19.0 Å². The molecular formula is C18H21ClN2O. The predicted octanol–water partition coefficient (Wildman–Crippen LogP) is 3.67. The molecule has 2 aromatic carbocycles. The van der Waals surface area contributed by atoms with Gasteiger partial charge in [-0.1, -0.05) is 48.9 Å². The first-order valence-corrected chi connectivity index (χ1v) is 7.89. The van der Waals surface area contributed by atoms with Gasteiger partial charge in [0.25, 0.3) is 0 Å². The maximum absolute atomic E-state index is 11.9. The molecule has 0 fully saturated rings. The number of carbonyl (C=O) groups excluding carboxylic acids is 1. The van der Waals surface area contributed by atoms with Crippen molar-refractivity contribution in [2.45, 2.75) is 19.8 Å². The van der Waals surface area contributed by atoms with Gasteiger partial charge in [-0.05, 0) is 48.7 Å². The van der Waals surface area contributed by atoms with Gasteiger partial charge >= 0.3 is 0 Å². The highest BCUT2D eigenvalue weighted by molar-refractivity contribution is 6.30. The Morgan fingerprint density at radius 3 is 2.55 bits per heavy atom. The predicted molar refractivity (Wildman–Crippen MR) is 92.5 cm³/mol. The first-order valence-electron chi connectivity index (χ1n) is 7.52. The highest BCUT2D eigenvalue weighted by atomic mass is 35.5. The van der Waals surface area contributed by atoms with Gasteiger partial charge in [-0.25, -0.2) is 0 Å². The van der Waals surface area contributed by atoms with E-state index in [-0.39, 0.29) is 5.91 Å². The van der Waals surface area contributed by atoms with Gasteiger partial charge in [0.05, 0.1) is 6.54 Å². The van der Waals surface area contributed by atoms with Gasteiger partial charge in [0, 0.05) is 10.7 Å². The van der Waals surface area contributed by atoms with Gasteiger partial charge < -0.3 is 10.6 Å². The number of rotatable bonds is 7. The number of nitrogens with one attached hydrogen (secondary N) is 2. The van der Waals surface area contributed by atoms with Crippen molar-refractivity contribution < 1.29 is 4.79 Å². The van der Waals surface area contributed by atoms with Crippen molar-refractivity contribution >= 4 is 23.2 Å². The van der Waals surface area contributed by atoms with E-state index >= 15 is 0 Å². The summed E-state index contributed by atoms with van der Waals surface area (Å²) in [6.45, 7) is 3.14. The normalized spacial score (nSPS) is 10.5. The van der Waals surface area contributed by atoms with Crippen LogP contribution in [0.5, 0.6) is 0 Å². The lowest BCUT2D eigenvalue weighted by Crippen LogP contribution is -2.29. The molecule has 0 saturated carbocycles. The van der Waals surface area contributed by atoms with Gasteiger partial charge in [0.1, 0.15) is 0 Å². The van der Waals surface area contributed by atoms with Crippen LogP contribution in [0.15, 0.2) is 48.5 Å². The Hall–Kier alpha value is -1.84. The third kappa shape index (κ3) is 5.17. The number of anilines is 1. The number of para-hydroxylation sites is 1. The maximum Gasteiger partial charge on any atom is 0.238 e. The van der Waals surface area contributed by atoms with Crippen molar-refractivity contribution in [1.82, 2.24) is 5.32 Å². The second-order valence-electron chi connectivity index (χ2n) is 5.11. The summed E-state index contributed by atoms with van der Waals surface area (Å²) in [7, 11) is 0. The first kappa shape index (κ1) is 16.5. The minimum Gasteiger partial charge on any atom is -0.325 e. The lowest BCUT2D eigenvalue weighted by Gasteiger charge is -2.10. The van der Waals surface area contributed by atoms with E-state index in [0.717, 1.165) is 35.7 Å². The second-order valence-corrected chi connectivity index (χ2v) is 5.55. The molecule has 0 unspecified atom stereocenters. The Labute approximate surface area is 136 Å². The van der Waals surface area contributed by atoms with Crippen molar-refractivity contribution in [3.05, 3.63) is 64.7 Å². The summed E-state index contributed by atoms with van der Waals surface area (Å²) in [5, 5.41) is 6.85. The van der Waals surface area contributed by atoms with Crippen molar-refractivity contribution in [3.63, 3.8) is 0 Å². The number of aryl methyl sites for hydroxylation is 1. The van der Waals surface area contributed by atoms with E-state index in [1.54, 1.807) is 0 Å². The molecule has 0 radical (unpaired) electrons. The molecule has 2 N–H and O–H groups in total. The van der Waals surface area contributed by atoms with Crippen LogP contribution in [0.1, 0.15) is 18.1 Å². The fourth-order valence-electron chi connectivity index (χ4n) is 2.23. The molecule has 0 atom stereocenters. The fourth-order valence-corrected chi connectivity index (χ4v) is 2.36. The monoisotopic (exact) mass is 316 g/mol. The van der Waals surface area contributed by atoms with Gasteiger partial charge in [-0.2, -0.15) is 0 Å². The van der Waals surface area contributed by atoms with Gasteiger partial charge in [-0.15, -0.1) is 0 Å². The molecule has 0 aliphatic heterocycles. The summed E-state index contributed by atoms with van der Waals surface area (Å²) in [5.74, 6) is -0.0167. The van der Waals surface area contributed by atoms with E-state index in [2.05, 4.69) is 17.6 Å². The van der Waals surface area contributed by atoms with Crippen LogP contribution >= 0.6 is 11.6 Å². The highest BCUT2D eigenvalue weighted by Crippen LogP contribution is 2.15. The summed E-state index contributed by atoms with van der Waals surface area (Å²) in [4.78, 5) is 11.9. The molecule has 0 bridgehead atoms. The highest BCUT2D eigenvalue weighted by Gasteiger charge is 2.04. The number of carbonyl (C=O) groups is 1. The fraction of sp³-hybridized carbons (Fsp3) is 0.278. The third-order valence-corrected chi connectivity index (χ3v) is 3.71. The van der Waals surface area contributed by atoms with Crippen molar-refractivity contribution in [1.29, 1.82) is 0 Å². The number of hydrogen-bond acceptors (Lipinski definition) is 2. The molecule has 0 saturated heterocycles. The van der Waals surface area contributed by atoms with Crippen molar-refractivity contribution in [2.75, 3.05) is 18.4 Å². The summed E-state index contributed by atoms with van der Waals surface area (Å²) < 4.78 is 0. The number of amides is 1. The largest absolute Gasteiger partial charge is 0.325 e. The molecule has 3 nitrogen and oxygen atoms in total. The molecule has 2 rings (SSSR count). The standard InChI is InChI=1S/C18H21ClN2O/c1-2-15-5-3-4-6-17(15)21-18(22)13-20-12-11-14-7-9-16(19)10-8-14/h3-10,20H,2,11-13H2,1H3,(H,21,22). The second kappa shape index (κ2) is 8.57. The van der Waals surface area contributed by atoms with E-state index in [0.29, 0.717) is 6.54 Å². The van der Waals surface area contributed by atoms with Gasteiger partial charge in [0.15, 0.2) is 0 Å². The number of hydrogen-bond donors (Lipinski definition) is 2. The zero-order valence-corrected chi connectivity index (χ0v) is 13.5. The van der Waals surface area contributed by atoms with E-state index in [9.17, 15) is 4.79 Å². The Morgan fingerprint density at radius 2 is 1.82 bits per heavy atom. The Kier molecular flexibility index (Phi) is 6.44. The zero-order valence-electron chi connectivity index (χ0n) is 12.7. The Balaban J connectivity index is 1.72. The van der Waals surface area contributed by atoms with E-state index in [4.69, 9.17) is 11.6 Å². The molecule has 0 aromatic heterocycles. The van der Waals surface area contributed by atoms with Crippen LogP contribution in [0.25, 0.3) is 0 Å². The number of benzene rings is 2. The molecule has 0 aliphatic carbocycles. The third-order valence-electron chi connectivity index (χ3n) is 3.46. The van der Waals surface area contributed by atoms with Crippen LogP contribution in [0.3, 0.4) is 0 Å². The molecular weight excluding hydrogens is 296 g/mol. The summed E-state index contributed by atoms with van der Waals surface area (Å²) in [6, 6.07) is 15.6. The smallest absolute Gasteiger partial charge is 0.238 e. The first-order chi connectivity index (χ1) is 10.7. The molecule has 2 aromatic rings. The lowest BCUT2D eigenvalue weighted by molar-refractivity contribution is -0.115. The minimum atomic E-state index is -0.0167. The molecule has 1 amide bonds. The maximum atomic E-state index is 11.9. The van der Waals surface area contributed by atoms with E-state index in [1.165, 1.54) is 5.56 Å². The van der Waals surface area contributed by atoms with E-state index in [1.807, 2.05) is 48.5 Å². The summed E-state index contributed by atoms with van der Waals surface area (Å²) in [6.07, 6.45) is 1.77. The van der Waals surface area contributed by atoms with Crippen LogP contribution < -0.4 is 10.6 Å². The quantitative estimate of drug-likeness (QED) is 0.765. The summed E-state index contributed by atoms with van der Waals surface area (Å²) in [5.41, 5.74) is 3.25. The van der Waals surface area contributed by atoms with E-state index < -0.39 is 0 Å². The molecule has 116 valence electrons. The SMILES string of the molecule is CCc1ccccc1NC(=O)CNCCc1ccc(Cl)cc1. The van der Waals surface area contributed by atoms with Crippen LogP contribution in [0, 0.1) is 0 Å². The zero-order chi connectivity index (χ0) is 15.8. The molecule has 0 spiro atoms. The minimum absolute atomic E-state index is 0.0167. The van der Waals surface area contributed by atoms with Gasteiger partial charge in [-0.3, -0.25) is 4.79 Å². The van der Waals surface area contributed by atoms with Crippen molar-refractivity contribution in [3.8, 4) is 0 Å². The average molecular weight is 317 g/mol. The van der Waals surface area contributed by atoms with Gasteiger partial charge in [0.2, 0.25) is 5.91 Å². The molecule has 22 heavy (non-hydrogen) atoms. The Bertz CT molecular complexity index is 611. The average Bonchev–Trinajstić information content (AvgIpc) is 2.54. The van der Waals surface area contributed by atoms with Crippen LogP contribution in [0.4, 0.5) is 5.69 Å².